The zero-order chi connectivity index (χ0) is 21.6. The minimum atomic E-state index is -0.352. The maximum absolute atomic E-state index is 12.6. The van der Waals surface area contributed by atoms with Crippen LogP contribution in [-0.4, -0.2) is 30.6 Å². The number of methoxy groups -OCH3 is 1. The van der Waals surface area contributed by atoms with Gasteiger partial charge in [-0.25, -0.2) is 0 Å². The lowest BCUT2D eigenvalue weighted by molar-refractivity contribution is -0.120. The second-order valence-electron chi connectivity index (χ2n) is 6.88. The van der Waals surface area contributed by atoms with E-state index in [2.05, 4.69) is 15.8 Å². The van der Waals surface area contributed by atoms with Crippen LogP contribution in [0.25, 0.3) is 22.2 Å². The number of para-hydroxylation sites is 1. The number of benzene rings is 3. The number of hydrogen-bond acceptors (Lipinski definition) is 5. The Bertz CT molecular complexity index is 1220. The van der Waals surface area contributed by atoms with Crippen molar-refractivity contribution in [3.05, 3.63) is 83.9 Å². The van der Waals surface area contributed by atoms with Crippen molar-refractivity contribution >= 4 is 22.7 Å². The Kier molecular flexibility index (Phi) is 5.93. The molecule has 31 heavy (non-hydrogen) atoms. The minimum absolute atomic E-state index is 0.138. The molecule has 0 atom stereocenters. The Labute approximate surface area is 179 Å². The summed E-state index contributed by atoms with van der Waals surface area (Å²) >= 11 is 0. The number of ether oxygens (including phenoxy) is 1. The smallest absolute Gasteiger partial charge is 0.251 e. The summed E-state index contributed by atoms with van der Waals surface area (Å²) in [5, 5.41) is 10.2. The monoisotopic (exact) mass is 415 g/mol. The molecule has 7 nitrogen and oxygen atoms in total. The molecule has 0 aliphatic rings. The average Bonchev–Trinajstić information content (AvgIpc) is 3.25. The number of rotatable bonds is 7. The fourth-order valence-corrected chi connectivity index (χ4v) is 3.25. The van der Waals surface area contributed by atoms with Crippen LogP contribution < -0.4 is 15.4 Å². The van der Waals surface area contributed by atoms with E-state index in [0.29, 0.717) is 29.1 Å². The summed E-state index contributed by atoms with van der Waals surface area (Å²) in [5.74, 6) is 0.646. The summed E-state index contributed by atoms with van der Waals surface area (Å²) in [4.78, 5) is 24.7. The van der Waals surface area contributed by atoms with Crippen LogP contribution in [-0.2, 0) is 11.3 Å². The zero-order valence-electron chi connectivity index (χ0n) is 16.9. The van der Waals surface area contributed by atoms with Crippen LogP contribution >= 0.6 is 0 Å². The van der Waals surface area contributed by atoms with Gasteiger partial charge in [0.2, 0.25) is 5.91 Å². The molecule has 0 aliphatic heterocycles. The van der Waals surface area contributed by atoms with Crippen molar-refractivity contribution in [2.45, 2.75) is 6.54 Å². The lowest BCUT2D eigenvalue weighted by atomic mass is 10.1. The van der Waals surface area contributed by atoms with Crippen LogP contribution in [0.3, 0.4) is 0 Å². The van der Waals surface area contributed by atoms with Gasteiger partial charge in [-0.1, -0.05) is 53.7 Å². The van der Waals surface area contributed by atoms with Crippen molar-refractivity contribution in [2.24, 2.45) is 0 Å². The Morgan fingerprint density at radius 3 is 2.55 bits per heavy atom. The number of amides is 2. The maximum atomic E-state index is 12.6. The van der Waals surface area contributed by atoms with Gasteiger partial charge < -0.3 is 19.9 Å². The van der Waals surface area contributed by atoms with Crippen LogP contribution in [0.4, 0.5) is 0 Å². The van der Waals surface area contributed by atoms with E-state index in [1.165, 1.54) is 0 Å². The quantitative estimate of drug-likeness (QED) is 0.482. The normalized spacial score (nSPS) is 10.6. The third-order valence-corrected chi connectivity index (χ3v) is 4.85. The van der Waals surface area contributed by atoms with Gasteiger partial charge in [-0.3, -0.25) is 9.59 Å². The molecule has 156 valence electrons. The summed E-state index contributed by atoms with van der Waals surface area (Å²) in [6, 6.07) is 22.1. The molecular weight excluding hydrogens is 394 g/mol. The molecule has 0 unspecified atom stereocenters. The Morgan fingerprint density at radius 2 is 1.74 bits per heavy atom. The van der Waals surface area contributed by atoms with E-state index in [4.69, 9.17) is 9.26 Å². The highest BCUT2D eigenvalue weighted by atomic mass is 16.5. The van der Waals surface area contributed by atoms with Gasteiger partial charge in [0.1, 0.15) is 11.3 Å². The average molecular weight is 415 g/mol. The summed E-state index contributed by atoms with van der Waals surface area (Å²) < 4.78 is 10.7. The van der Waals surface area contributed by atoms with Crippen molar-refractivity contribution in [2.75, 3.05) is 13.7 Å². The highest BCUT2D eigenvalue weighted by Gasteiger charge is 2.14. The number of fused-ring (bicyclic) bond motifs is 1. The number of carbonyl (C=O) groups excluding carboxylic acids is 2. The van der Waals surface area contributed by atoms with Crippen LogP contribution in [0.5, 0.6) is 5.75 Å². The lowest BCUT2D eigenvalue weighted by Gasteiger charge is -2.10. The SMILES string of the molecule is COc1ccccc1CNC(=O)CNC(=O)c1ccc2noc(-c3ccccc3)c2c1. The van der Waals surface area contributed by atoms with Gasteiger partial charge in [-0.2, -0.15) is 0 Å². The number of aromatic nitrogens is 1. The number of nitrogens with one attached hydrogen (secondary N) is 2. The van der Waals surface area contributed by atoms with Gasteiger partial charge in [0, 0.05) is 23.2 Å². The van der Waals surface area contributed by atoms with Crippen molar-refractivity contribution in [3.63, 3.8) is 0 Å². The third-order valence-electron chi connectivity index (χ3n) is 4.85. The predicted molar refractivity (Wildman–Crippen MR) is 117 cm³/mol. The lowest BCUT2D eigenvalue weighted by Crippen LogP contribution is -2.36. The summed E-state index contributed by atoms with van der Waals surface area (Å²) in [5.41, 5.74) is 2.81. The molecule has 0 aliphatic carbocycles. The fraction of sp³-hybridized carbons (Fsp3) is 0.125. The van der Waals surface area contributed by atoms with Gasteiger partial charge >= 0.3 is 0 Å². The fourth-order valence-electron chi connectivity index (χ4n) is 3.25. The van der Waals surface area contributed by atoms with E-state index in [1.807, 2.05) is 54.6 Å². The van der Waals surface area contributed by atoms with Crippen LogP contribution in [0.1, 0.15) is 15.9 Å². The second-order valence-corrected chi connectivity index (χ2v) is 6.88. The van der Waals surface area contributed by atoms with E-state index < -0.39 is 0 Å². The predicted octanol–water partition coefficient (Wildman–Crippen LogP) is 3.55. The summed E-state index contributed by atoms with van der Waals surface area (Å²) in [6.45, 7) is 0.174. The molecule has 4 rings (SSSR count). The Morgan fingerprint density at radius 1 is 0.968 bits per heavy atom. The molecule has 0 radical (unpaired) electrons. The Balaban J connectivity index is 1.40. The van der Waals surface area contributed by atoms with Gasteiger partial charge in [0.15, 0.2) is 5.76 Å². The molecule has 1 heterocycles. The first-order valence-electron chi connectivity index (χ1n) is 9.77. The maximum Gasteiger partial charge on any atom is 0.251 e. The standard InChI is InChI=1S/C24H21N3O4/c1-30-21-10-6-5-9-18(21)14-25-22(28)15-26-24(29)17-11-12-20-19(13-17)23(31-27-20)16-7-3-2-4-8-16/h2-13H,14-15H2,1H3,(H,25,28)(H,26,29). The molecule has 0 fully saturated rings. The topological polar surface area (TPSA) is 93.5 Å². The highest BCUT2D eigenvalue weighted by molar-refractivity contribution is 6.02. The van der Waals surface area contributed by atoms with E-state index in [1.54, 1.807) is 25.3 Å². The summed E-state index contributed by atoms with van der Waals surface area (Å²) in [6.07, 6.45) is 0. The number of hydrogen-bond donors (Lipinski definition) is 2. The first-order valence-corrected chi connectivity index (χ1v) is 9.77. The molecule has 4 aromatic rings. The molecule has 1 aromatic heterocycles. The van der Waals surface area contributed by atoms with E-state index in [0.717, 1.165) is 16.5 Å². The molecule has 0 bridgehead atoms. The largest absolute Gasteiger partial charge is 0.496 e. The Hall–Kier alpha value is -4.13. The highest BCUT2D eigenvalue weighted by Crippen LogP contribution is 2.29. The second kappa shape index (κ2) is 9.13. The van der Waals surface area contributed by atoms with E-state index in [9.17, 15) is 9.59 Å². The molecule has 2 N–H and O–H groups in total. The van der Waals surface area contributed by atoms with Gasteiger partial charge in [0.05, 0.1) is 19.0 Å². The van der Waals surface area contributed by atoms with Crippen molar-refractivity contribution < 1.29 is 18.8 Å². The zero-order valence-corrected chi connectivity index (χ0v) is 16.9. The number of carbonyl (C=O) groups is 2. The third kappa shape index (κ3) is 4.56. The molecular formula is C24H21N3O4. The van der Waals surface area contributed by atoms with E-state index >= 15 is 0 Å². The van der Waals surface area contributed by atoms with Crippen LogP contribution in [0, 0.1) is 0 Å². The first-order chi connectivity index (χ1) is 15.2. The molecule has 0 saturated carbocycles. The minimum Gasteiger partial charge on any atom is -0.496 e. The molecule has 7 heteroatoms. The van der Waals surface area contributed by atoms with E-state index in [-0.39, 0.29) is 18.4 Å². The van der Waals surface area contributed by atoms with Crippen LogP contribution in [0.2, 0.25) is 0 Å². The molecule has 2 amide bonds. The number of nitrogens with zero attached hydrogens (tertiary/aromatic N) is 1. The molecule has 0 saturated heterocycles. The van der Waals surface area contributed by atoms with Crippen LogP contribution in [0.15, 0.2) is 77.3 Å². The first kappa shape index (κ1) is 20.2. The molecule has 3 aromatic carbocycles. The molecule has 0 spiro atoms. The van der Waals surface area contributed by atoms with Gasteiger partial charge in [-0.05, 0) is 24.3 Å². The van der Waals surface area contributed by atoms with Crippen molar-refractivity contribution in [3.8, 4) is 17.1 Å². The van der Waals surface area contributed by atoms with Gasteiger partial charge in [-0.15, -0.1) is 0 Å². The van der Waals surface area contributed by atoms with Gasteiger partial charge in [0.25, 0.3) is 5.91 Å². The van der Waals surface area contributed by atoms with Crippen molar-refractivity contribution in [1.29, 1.82) is 0 Å². The summed E-state index contributed by atoms with van der Waals surface area (Å²) in [7, 11) is 1.58. The van der Waals surface area contributed by atoms with Crippen molar-refractivity contribution in [1.82, 2.24) is 15.8 Å².